The van der Waals surface area contributed by atoms with E-state index in [4.69, 9.17) is 5.73 Å². The Morgan fingerprint density at radius 3 is 3.12 bits per heavy atom. The fourth-order valence-electron chi connectivity index (χ4n) is 2.58. The zero-order valence-corrected chi connectivity index (χ0v) is 9.62. The third-order valence-electron chi connectivity index (χ3n) is 3.42. The largest absolute Gasteiger partial charge is 0.368 e. The van der Waals surface area contributed by atoms with Crippen LogP contribution >= 0.6 is 0 Å². The number of nitrogens with zero attached hydrogens (tertiary/aromatic N) is 3. The maximum atomic E-state index is 11.5. The van der Waals surface area contributed by atoms with Gasteiger partial charge < -0.3 is 10.6 Å². The Kier molecular flexibility index (Phi) is 2.40. The second kappa shape index (κ2) is 3.92. The first kappa shape index (κ1) is 10.4. The fourth-order valence-corrected chi connectivity index (χ4v) is 2.58. The molecule has 5 nitrogen and oxygen atoms in total. The third kappa shape index (κ3) is 1.72. The summed E-state index contributed by atoms with van der Waals surface area (Å²) in [6.07, 6.45) is 12.0. The Morgan fingerprint density at radius 2 is 2.29 bits per heavy atom. The SMILES string of the molecule is NC(=O)C1CCCN2CN1C=C1C=CC=CN12. The molecule has 2 bridgehead atoms. The van der Waals surface area contributed by atoms with E-state index in [9.17, 15) is 4.79 Å². The van der Waals surface area contributed by atoms with Crippen molar-refractivity contribution in [2.45, 2.75) is 18.9 Å². The van der Waals surface area contributed by atoms with Crippen LogP contribution in [0.15, 0.2) is 36.3 Å². The molecule has 90 valence electrons. The molecule has 0 saturated carbocycles. The Morgan fingerprint density at radius 1 is 1.41 bits per heavy atom. The molecule has 0 radical (unpaired) electrons. The first-order valence-electron chi connectivity index (χ1n) is 5.91. The summed E-state index contributed by atoms with van der Waals surface area (Å²) >= 11 is 0. The standard InChI is InChI=1S/C12H16N4O/c13-12(17)11-5-3-6-15-9-14(11)8-10-4-1-2-7-16(10)15/h1-2,4,7-8,11H,3,5-6,9H2,(H2,13,17). The van der Waals surface area contributed by atoms with Crippen LogP contribution in [-0.4, -0.2) is 40.1 Å². The summed E-state index contributed by atoms with van der Waals surface area (Å²) in [7, 11) is 0. The predicted octanol–water partition coefficient (Wildman–Crippen LogP) is 0.351. The van der Waals surface area contributed by atoms with Gasteiger partial charge in [-0.3, -0.25) is 9.80 Å². The predicted molar refractivity (Wildman–Crippen MR) is 63.8 cm³/mol. The lowest BCUT2D eigenvalue weighted by atomic mass is 10.1. The quantitative estimate of drug-likeness (QED) is 0.709. The maximum Gasteiger partial charge on any atom is 0.240 e. The Bertz CT molecular complexity index is 426. The number of carbonyl (C=O) groups is 1. The average molecular weight is 232 g/mol. The lowest BCUT2D eigenvalue weighted by Gasteiger charge is -2.42. The highest BCUT2D eigenvalue weighted by molar-refractivity contribution is 5.80. The molecule has 2 atom stereocenters. The number of nitrogens with two attached hydrogens (primary N) is 1. The molecule has 1 amide bonds. The number of hydrogen-bond donors (Lipinski definition) is 1. The molecule has 3 aliphatic heterocycles. The molecule has 3 aliphatic rings. The van der Waals surface area contributed by atoms with E-state index < -0.39 is 0 Å². The van der Waals surface area contributed by atoms with Gasteiger partial charge in [-0.25, -0.2) is 0 Å². The van der Waals surface area contributed by atoms with Crippen molar-refractivity contribution in [2.75, 3.05) is 13.2 Å². The molecular formula is C12H16N4O. The Hall–Kier alpha value is -1.75. The van der Waals surface area contributed by atoms with Crippen LogP contribution in [0.4, 0.5) is 0 Å². The number of primary amides is 1. The maximum absolute atomic E-state index is 11.5. The van der Waals surface area contributed by atoms with E-state index in [1.807, 2.05) is 35.5 Å². The molecule has 0 aromatic heterocycles. The van der Waals surface area contributed by atoms with Gasteiger partial charge in [-0.05, 0) is 25.0 Å². The highest BCUT2D eigenvalue weighted by Crippen LogP contribution is 2.26. The molecule has 1 saturated heterocycles. The van der Waals surface area contributed by atoms with Crippen LogP contribution in [0, 0.1) is 0 Å². The topological polar surface area (TPSA) is 52.8 Å². The molecule has 17 heavy (non-hydrogen) atoms. The second-order valence-corrected chi connectivity index (χ2v) is 4.55. The van der Waals surface area contributed by atoms with Gasteiger partial charge in [0, 0.05) is 18.9 Å². The van der Waals surface area contributed by atoms with Crippen LogP contribution in [0.2, 0.25) is 0 Å². The number of fused-ring (bicyclic) bond motifs is 4. The van der Waals surface area contributed by atoms with Crippen molar-refractivity contribution in [2.24, 2.45) is 5.73 Å². The van der Waals surface area contributed by atoms with Gasteiger partial charge in [-0.2, -0.15) is 5.01 Å². The summed E-state index contributed by atoms with van der Waals surface area (Å²) in [5.41, 5.74) is 6.56. The molecule has 2 unspecified atom stereocenters. The minimum absolute atomic E-state index is 0.172. The van der Waals surface area contributed by atoms with Gasteiger partial charge in [0.15, 0.2) is 0 Å². The van der Waals surface area contributed by atoms with Crippen LogP contribution < -0.4 is 5.73 Å². The van der Waals surface area contributed by atoms with Crippen molar-refractivity contribution in [1.29, 1.82) is 0 Å². The van der Waals surface area contributed by atoms with Crippen molar-refractivity contribution in [3.8, 4) is 0 Å². The van der Waals surface area contributed by atoms with E-state index in [2.05, 4.69) is 10.0 Å². The highest BCUT2D eigenvalue weighted by Gasteiger charge is 2.32. The van der Waals surface area contributed by atoms with Crippen molar-refractivity contribution >= 4 is 5.91 Å². The number of allylic oxidation sites excluding steroid dienone is 3. The van der Waals surface area contributed by atoms with Crippen LogP contribution in [0.25, 0.3) is 0 Å². The van der Waals surface area contributed by atoms with Crippen molar-refractivity contribution in [3.05, 3.63) is 36.3 Å². The zero-order valence-electron chi connectivity index (χ0n) is 9.62. The van der Waals surface area contributed by atoms with Gasteiger partial charge in [0.05, 0.1) is 12.4 Å². The second-order valence-electron chi connectivity index (χ2n) is 4.55. The molecule has 3 heterocycles. The number of amides is 1. The molecular weight excluding hydrogens is 216 g/mol. The van der Waals surface area contributed by atoms with Crippen molar-refractivity contribution < 1.29 is 4.79 Å². The van der Waals surface area contributed by atoms with Gasteiger partial charge in [0.1, 0.15) is 6.04 Å². The minimum Gasteiger partial charge on any atom is -0.368 e. The fraction of sp³-hybridized carbons (Fsp3) is 0.417. The van der Waals surface area contributed by atoms with Crippen LogP contribution in [0.3, 0.4) is 0 Å². The molecule has 0 aromatic carbocycles. The number of hydrogen-bond acceptors (Lipinski definition) is 4. The minimum atomic E-state index is -0.229. The van der Waals surface area contributed by atoms with Crippen LogP contribution in [-0.2, 0) is 4.79 Å². The number of rotatable bonds is 1. The molecule has 0 spiro atoms. The first-order valence-corrected chi connectivity index (χ1v) is 5.91. The zero-order chi connectivity index (χ0) is 11.8. The van der Waals surface area contributed by atoms with E-state index in [-0.39, 0.29) is 11.9 Å². The first-order chi connectivity index (χ1) is 8.25. The highest BCUT2D eigenvalue weighted by atomic mass is 16.1. The molecule has 1 fully saturated rings. The van der Waals surface area contributed by atoms with Crippen LogP contribution in [0.1, 0.15) is 12.8 Å². The summed E-state index contributed by atoms with van der Waals surface area (Å²) in [4.78, 5) is 13.5. The number of hydrazine groups is 1. The molecule has 3 rings (SSSR count). The van der Waals surface area contributed by atoms with Crippen molar-refractivity contribution in [1.82, 2.24) is 14.9 Å². The smallest absolute Gasteiger partial charge is 0.240 e. The lowest BCUT2D eigenvalue weighted by Crippen LogP contribution is -2.52. The summed E-state index contributed by atoms with van der Waals surface area (Å²) < 4.78 is 0. The van der Waals surface area contributed by atoms with Gasteiger partial charge in [0.2, 0.25) is 5.91 Å². The average Bonchev–Trinajstić information content (AvgIpc) is 2.49. The summed E-state index contributed by atoms with van der Waals surface area (Å²) in [6, 6.07) is -0.172. The molecule has 0 aromatic rings. The van der Waals surface area contributed by atoms with E-state index in [1.165, 1.54) is 0 Å². The Balaban J connectivity index is 1.95. The van der Waals surface area contributed by atoms with E-state index >= 15 is 0 Å². The van der Waals surface area contributed by atoms with Crippen LogP contribution in [0.5, 0.6) is 0 Å². The lowest BCUT2D eigenvalue weighted by molar-refractivity contribution is -0.123. The summed E-state index contributed by atoms with van der Waals surface area (Å²) in [5.74, 6) is -0.229. The van der Waals surface area contributed by atoms with E-state index in [1.54, 1.807) is 0 Å². The van der Waals surface area contributed by atoms with E-state index in [0.29, 0.717) is 0 Å². The monoisotopic (exact) mass is 232 g/mol. The van der Waals surface area contributed by atoms with E-state index in [0.717, 1.165) is 31.8 Å². The van der Waals surface area contributed by atoms with Crippen molar-refractivity contribution in [3.63, 3.8) is 0 Å². The Labute approximate surface area is 100 Å². The molecule has 5 heteroatoms. The summed E-state index contributed by atoms with van der Waals surface area (Å²) in [6.45, 7) is 1.69. The van der Waals surface area contributed by atoms with Gasteiger partial charge in [-0.15, -0.1) is 0 Å². The van der Waals surface area contributed by atoms with Gasteiger partial charge >= 0.3 is 0 Å². The normalized spacial score (nSPS) is 30.7. The third-order valence-corrected chi connectivity index (χ3v) is 3.42. The number of carbonyl (C=O) groups excluding carboxylic acids is 1. The molecule has 2 N–H and O–H groups in total. The summed E-state index contributed by atoms with van der Waals surface area (Å²) in [5, 5.41) is 4.37. The molecule has 0 aliphatic carbocycles. The van der Waals surface area contributed by atoms with Gasteiger partial charge in [-0.1, -0.05) is 6.08 Å². The van der Waals surface area contributed by atoms with Gasteiger partial charge in [0.25, 0.3) is 0 Å².